The van der Waals surface area contributed by atoms with Crippen molar-refractivity contribution < 1.29 is 5.11 Å². The van der Waals surface area contributed by atoms with Crippen LogP contribution in [0.2, 0.25) is 0 Å². The lowest BCUT2D eigenvalue weighted by molar-refractivity contribution is 0.276. The molecule has 1 unspecified atom stereocenters. The Morgan fingerprint density at radius 1 is 1.05 bits per heavy atom. The number of halogens is 1. The predicted octanol–water partition coefficient (Wildman–Crippen LogP) is 4.89. The van der Waals surface area contributed by atoms with Crippen molar-refractivity contribution in [1.82, 2.24) is 0 Å². The summed E-state index contributed by atoms with van der Waals surface area (Å²) in [7, 11) is 0. The fourth-order valence-corrected chi connectivity index (χ4v) is 2.62. The van der Waals surface area contributed by atoms with Crippen LogP contribution in [0.25, 0.3) is 0 Å². The standard InChI is InChI=1S/C18H22BrNO/c1-18(2,3)14-10-8-13(9-11-14)17(12-21)20-16-7-5-4-6-15(16)19/h4-11,17,20-21H,12H2,1-3H3. The summed E-state index contributed by atoms with van der Waals surface area (Å²) in [4.78, 5) is 0. The molecule has 2 N–H and O–H groups in total. The second-order valence-corrected chi connectivity index (χ2v) is 7.09. The van der Waals surface area contributed by atoms with Gasteiger partial charge in [-0.1, -0.05) is 57.2 Å². The highest BCUT2D eigenvalue weighted by Gasteiger charge is 2.15. The van der Waals surface area contributed by atoms with Crippen molar-refractivity contribution in [3.8, 4) is 0 Å². The van der Waals surface area contributed by atoms with Crippen LogP contribution in [-0.4, -0.2) is 11.7 Å². The van der Waals surface area contributed by atoms with Crippen LogP contribution in [0.1, 0.15) is 37.9 Å². The van der Waals surface area contributed by atoms with Gasteiger partial charge in [-0.25, -0.2) is 0 Å². The van der Waals surface area contributed by atoms with Gasteiger partial charge in [0.05, 0.1) is 12.6 Å². The smallest absolute Gasteiger partial charge is 0.0745 e. The van der Waals surface area contributed by atoms with E-state index in [2.05, 4.69) is 66.3 Å². The number of anilines is 1. The van der Waals surface area contributed by atoms with Crippen molar-refractivity contribution in [2.24, 2.45) is 0 Å². The Morgan fingerprint density at radius 3 is 2.19 bits per heavy atom. The maximum atomic E-state index is 9.68. The lowest BCUT2D eigenvalue weighted by Crippen LogP contribution is -2.16. The fraction of sp³-hybridized carbons (Fsp3) is 0.333. The van der Waals surface area contributed by atoms with E-state index in [1.165, 1.54) is 5.56 Å². The summed E-state index contributed by atoms with van der Waals surface area (Å²) in [5, 5.41) is 13.1. The first kappa shape index (κ1) is 16.1. The van der Waals surface area contributed by atoms with Crippen LogP contribution >= 0.6 is 15.9 Å². The number of para-hydroxylation sites is 1. The number of hydrogen-bond acceptors (Lipinski definition) is 2. The van der Waals surface area contributed by atoms with Gasteiger partial charge in [0, 0.05) is 10.2 Å². The molecule has 3 heteroatoms. The van der Waals surface area contributed by atoms with E-state index in [1.807, 2.05) is 24.3 Å². The van der Waals surface area contributed by atoms with Gasteiger partial charge in [-0.2, -0.15) is 0 Å². The van der Waals surface area contributed by atoms with Gasteiger partial charge >= 0.3 is 0 Å². The molecule has 0 fully saturated rings. The quantitative estimate of drug-likeness (QED) is 0.824. The molecule has 21 heavy (non-hydrogen) atoms. The van der Waals surface area contributed by atoms with Crippen molar-refractivity contribution in [3.05, 3.63) is 64.1 Å². The molecule has 0 aliphatic carbocycles. The normalized spacial score (nSPS) is 13.0. The summed E-state index contributed by atoms with van der Waals surface area (Å²) in [6.07, 6.45) is 0. The average Bonchev–Trinajstić information content (AvgIpc) is 2.46. The first-order chi connectivity index (χ1) is 9.91. The number of hydrogen-bond donors (Lipinski definition) is 2. The largest absolute Gasteiger partial charge is 0.394 e. The zero-order valence-electron chi connectivity index (χ0n) is 12.7. The van der Waals surface area contributed by atoms with E-state index in [-0.39, 0.29) is 18.1 Å². The van der Waals surface area contributed by atoms with Crippen molar-refractivity contribution in [2.75, 3.05) is 11.9 Å². The molecule has 0 aliphatic rings. The molecule has 0 aromatic heterocycles. The lowest BCUT2D eigenvalue weighted by atomic mass is 9.86. The second kappa shape index (κ2) is 6.63. The van der Waals surface area contributed by atoms with Gasteiger partial charge in [0.15, 0.2) is 0 Å². The lowest BCUT2D eigenvalue weighted by Gasteiger charge is -2.22. The Bertz CT molecular complexity index is 587. The highest BCUT2D eigenvalue weighted by molar-refractivity contribution is 9.10. The predicted molar refractivity (Wildman–Crippen MR) is 92.7 cm³/mol. The summed E-state index contributed by atoms with van der Waals surface area (Å²) in [5.41, 5.74) is 3.50. The van der Waals surface area contributed by atoms with Crippen LogP contribution in [0.15, 0.2) is 53.0 Å². The number of benzene rings is 2. The molecular formula is C18H22BrNO. The molecule has 0 amide bonds. The van der Waals surface area contributed by atoms with Gasteiger partial charge in [-0.05, 0) is 44.6 Å². The molecule has 2 nitrogen and oxygen atoms in total. The van der Waals surface area contributed by atoms with Crippen LogP contribution < -0.4 is 5.32 Å². The molecule has 0 bridgehead atoms. The van der Waals surface area contributed by atoms with Crippen molar-refractivity contribution in [3.63, 3.8) is 0 Å². The van der Waals surface area contributed by atoms with E-state index < -0.39 is 0 Å². The van der Waals surface area contributed by atoms with Gasteiger partial charge < -0.3 is 10.4 Å². The van der Waals surface area contributed by atoms with Gasteiger partial charge in [-0.3, -0.25) is 0 Å². The first-order valence-corrected chi connectivity index (χ1v) is 7.93. The van der Waals surface area contributed by atoms with Gasteiger partial charge in [0.2, 0.25) is 0 Å². The van der Waals surface area contributed by atoms with E-state index in [4.69, 9.17) is 0 Å². The number of nitrogens with one attached hydrogen (secondary N) is 1. The van der Waals surface area contributed by atoms with Gasteiger partial charge in [-0.15, -0.1) is 0 Å². The Labute approximate surface area is 135 Å². The van der Waals surface area contributed by atoms with Crippen LogP contribution in [0.5, 0.6) is 0 Å². The maximum Gasteiger partial charge on any atom is 0.0745 e. The number of aliphatic hydroxyl groups is 1. The van der Waals surface area contributed by atoms with E-state index in [0.29, 0.717) is 0 Å². The van der Waals surface area contributed by atoms with Crippen molar-refractivity contribution in [2.45, 2.75) is 32.2 Å². The topological polar surface area (TPSA) is 32.3 Å². The first-order valence-electron chi connectivity index (χ1n) is 7.14. The Morgan fingerprint density at radius 2 is 1.67 bits per heavy atom. The van der Waals surface area contributed by atoms with E-state index >= 15 is 0 Å². The minimum Gasteiger partial charge on any atom is -0.394 e. The molecular weight excluding hydrogens is 326 g/mol. The molecule has 2 aromatic rings. The highest BCUT2D eigenvalue weighted by atomic mass is 79.9. The van der Waals surface area contributed by atoms with Gasteiger partial charge in [0.25, 0.3) is 0 Å². The van der Waals surface area contributed by atoms with E-state index in [1.54, 1.807) is 0 Å². The zero-order valence-corrected chi connectivity index (χ0v) is 14.3. The Kier molecular flexibility index (Phi) is 5.07. The van der Waals surface area contributed by atoms with E-state index in [0.717, 1.165) is 15.7 Å². The third-order valence-electron chi connectivity index (χ3n) is 3.57. The zero-order chi connectivity index (χ0) is 15.5. The fourth-order valence-electron chi connectivity index (χ4n) is 2.22. The second-order valence-electron chi connectivity index (χ2n) is 6.23. The van der Waals surface area contributed by atoms with Crippen LogP contribution in [0.4, 0.5) is 5.69 Å². The number of aliphatic hydroxyl groups excluding tert-OH is 1. The highest BCUT2D eigenvalue weighted by Crippen LogP contribution is 2.28. The Hall–Kier alpha value is -1.32. The summed E-state index contributed by atoms with van der Waals surface area (Å²) < 4.78 is 0.995. The summed E-state index contributed by atoms with van der Waals surface area (Å²) in [5.74, 6) is 0. The van der Waals surface area contributed by atoms with Crippen LogP contribution in [0, 0.1) is 0 Å². The average molecular weight is 348 g/mol. The molecule has 0 aliphatic heterocycles. The molecule has 0 radical (unpaired) electrons. The molecule has 0 heterocycles. The van der Waals surface area contributed by atoms with Crippen molar-refractivity contribution in [1.29, 1.82) is 0 Å². The van der Waals surface area contributed by atoms with E-state index in [9.17, 15) is 5.11 Å². The van der Waals surface area contributed by atoms with Crippen LogP contribution in [0.3, 0.4) is 0 Å². The third-order valence-corrected chi connectivity index (χ3v) is 4.26. The number of rotatable bonds is 4. The molecule has 2 aromatic carbocycles. The molecule has 0 spiro atoms. The van der Waals surface area contributed by atoms with Gasteiger partial charge in [0.1, 0.15) is 0 Å². The van der Waals surface area contributed by atoms with Crippen molar-refractivity contribution >= 4 is 21.6 Å². The molecule has 0 saturated heterocycles. The molecule has 1 atom stereocenters. The third kappa shape index (κ3) is 4.08. The van der Waals surface area contributed by atoms with Crippen LogP contribution in [-0.2, 0) is 5.41 Å². The monoisotopic (exact) mass is 347 g/mol. The summed E-state index contributed by atoms with van der Waals surface area (Å²) in [6, 6.07) is 16.3. The minimum absolute atomic E-state index is 0.0518. The Balaban J connectivity index is 2.20. The maximum absolute atomic E-state index is 9.68. The minimum atomic E-state index is -0.113. The SMILES string of the molecule is CC(C)(C)c1ccc(C(CO)Nc2ccccc2Br)cc1. The molecule has 2 rings (SSSR count). The molecule has 112 valence electrons. The summed E-state index contributed by atoms with van der Waals surface area (Å²) >= 11 is 3.52. The molecule has 0 saturated carbocycles. The summed E-state index contributed by atoms with van der Waals surface area (Å²) in [6.45, 7) is 6.65.